The van der Waals surface area contributed by atoms with Gasteiger partial charge in [-0.1, -0.05) is 12.1 Å². The first kappa shape index (κ1) is 7.38. The van der Waals surface area contributed by atoms with Crippen molar-refractivity contribution in [1.29, 1.82) is 0 Å². The third kappa shape index (κ3) is 1.62. The summed E-state index contributed by atoms with van der Waals surface area (Å²) in [7, 11) is 0. The maximum Gasteiger partial charge on any atom is 0.146 e. The third-order valence-electron chi connectivity index (χ3n) is 1.17. The molecule has 0 amide bonds. The van der Waals surface area contributed by atoms with Crippen molar-refractivity contribution in [2.75, 3.05) is 0 Å². The maximum atomic E-state index is 8.66. The molecule has 54 valence electrons. The number of halogens is 1. The van der Waals surface area contributed by atoms with Gasteiger partial charge in [-0.25, -0.2) is 0 Å². The zero-order valence-corrected chi connectivity index (χ0v) is 6.01. The molecular formula is C7H7ClO2. The molecule has 0 saturated carbocycles. The molecule has 0 aromatic heterocycles. The molecule has 0 spiro atoms. The largest absolute Gasteiger partial charge is 0.392 e. The van der Waals surface area contributed by atoms with Crippen LogP contribution in [0.25, 0.3) is 0 Å². The van der Waals surface area contributed by atoms with Crippen LogP contribution in [0.4, 0.5) is 0 Å². The summed E-state index contributed by atoms with van der Waals surface area (Å²) in [6, 6.07) is 6.95. The lowest BCUT2D eigenvalue weighted by Crippen LogP contribution is -1.82. The summed E-state index contributed by atoms with van der Waals surface area (Å²) in [5.74, 6) is 0.549. The fourth-order valence-corrected chi connectivity index (χ4v) is 0.788. The minimum atomic E-state index is 0.00802. The van der Waals surface area contributed by atoms with Crippen LogP contribution in [0.15, 0.2) is 24.3 Å². The van der Waals surface area contributed by atoms with E-state index in [0.29, 0.717) is 5.75 Å². The first-order valence-electron chi connectivity index (χ1n) is 2.85. The highest BCUT2D eigenvalue weighted by molar-refractivity contribution is 6.09. The third-order valence-corrected chi connectivity index (χ3v) is 1.35. The summed E-state index contributed by atoms with van der Waals surface area (Å²) < 4.78 is 4.42. The van der Waals surface area contributed by atoms with E-state index in [1.165, 1.54) is 0 Å². The van der Waals surface area contributed by atoms with Crippen molar-refractivity contribution in [3.05, 3.63) is 29.8 Å². The average Bonchev–Trinajstić information content (AvgIpc) is 2.05. The van der Waals surface area contributed by atoms with Gasteiger partial charge in [-0.05, 0) is 17.7 Å². The van der Waals surface area contributed by atoms with Crippen molar-refractivity contribution in [2.24, 2.45) is 0 Å². The molecule has 10 heavy (non-hydrogen) atoms. The van der Waals surface area contributed by atoms with Gasteiger partial charge < -0.3 is 9.40 Å². The molecular weight excluding hydrogens is 152 g/mol. The molecule has 0 radical (unpaired) electrons. The van der Waals surface area contributed by atoms with E-state index in [4.69, 9.17) is 17.0 Å². The van der Waals surface area contributed by atoms with Gasteiger partial charge in [-0.2, -0.15) is 0 Å². The molecule has 0 bridgehead atoms. The minimum Gasteiger partial charge on any atom is -0.392 e. The van der Waals surface area contributed by atoms with Crippen molar-refractivity contribution < 1.29 is 9.40 Å². The summed E-state index contributed by atoms with van der Waals surface area (Å²) >= 11 is 5.07. The molecule has 1 aromatic carbocycles. The Morgan fingerprint density at radius 3 is 2.90 bits per heavy atom. The summed E-state index contributed by atoms with van der Waals surface area (Å²) in [5, 5.41) is 8.66. The van der Waals surface area contributed by atoms with Crippen molar-refractivity contribution in [1.82, 2.24) is 0 Å². The van der Waals surface area contributed by atoms with Gasteiger partial charge in [0.1, 0.15) is 17.6 Å². The van der Waals surface area contributed by atoms with Gasteiger partial charge in [0, 0.05) is 0 Å². The zero-order chi connectivity index (χ0) is 7.40. The first-order chi connectivity index (χ1) is 4.86. The lowest BCUT2D eigenvalue weighted by atomic mass is 10.2. The van der Waals surface area contributed by atoms with Crippen LogP contribution in [0.1, 0.15) is 5.56 Å². The van der Waals surface area contributed by atoms with E-state index in [1.807, 2.05) is 0 Å². The highest BCUT2D eigenvalue weighted by atomic mass is 35.5. The Labute approximate surface area is 64.2 Å². The van der Waals surface area contributed by atoms with Gasteiger partial charge in [-0.15, -0.1) is 0 Å². The highest BCUT2D eigenvalue weighted by Gasteiger charge is 1.92. The lowest BCUT2D eigenvalue weighted by molar-refractivity contribution is 0.281. The van der Waals surface area contributed by atoms with Gasteiger partial charge >= 0.3 is 0 Å². The molecule has 0 saturated heterocycles. The van der Waals surface area contributed by atoms with E-state index in [-0.39, 0.29) is 6.61 Å². The lowest BCUT2D eigenvalue weighted by Gasteiger charge is -1.97. The fraction of sp³-hybridized carbons (Fsp3) is 0.143. The molecule has 2 nitrogen and oxygen atoms in total. The predicted molar refractivity (Wildman–Crippen MR) is 38.8 cm³/mol. The number of aliphatic hydroxyl groups is 1. The van der Waals surface area contributed by atoms with E-state index in [9.17, 15) is 0 Å². The molecule has 1 N–H and O–H groups in total. The Kier molecular flexibility index (Phi) is 2.54. The standard InChI is InChI=1S/C7H7ClO2/c8-10-7-3-1-2-6(4-7)5-9/h1-4,9H,5H2. The Balaban J connectivity index is 2.87. The molecule has 0 atom stereocenters. The topological polar surface area (TPSA) is 29.5 Å². The van der Waals surface area contributed by atoms with Gasteiger partial charge in [-0.3, -0.25) is 0 Å². The second-order valence-electron chi connectivity index (χ2n) is 1.88. The number of hydrogen-bond acceptors (Lipinski definition) is 2. The van der Waals surface area contributed by atoms with E-state index >= 15 is 0 Å². The van der Waals surface area contributed by atoms with E-state index in [0.717, 1.165) is 5.56 Å². The molecule has 3 heteroatoms. The Morgan fingerprint density at radius 2 is 2.30 bits per heavy atom. The molecule has 0 aliphatic heterocycles. The maximum absolute atomic E-state index is 8.66. The molecule has 1 rings (SSSR count). The van der Waals surface area contributed by atoms with Gasteiger partial charge in [0.05, 0.1) is 6.61 Å². The summed E-state index contributed by atoms with van der Waals surface area (Å²) in [6.07, 6.45) is 0. The summed E-state index contributed by atoms with van der Waals surface area (Å²) in [6.45, 7) is 0.00802. The first-order valence-corrected chi connectivity index (χ1v) is 3.16. The summed E-state index contributed by atoms with van der Waals surface area (Å²) in [4.78, 5) is 0. The molecule has 0 fully saturated rings. The van der Waals surface area contributed by atoms with Crippen LogP contribution >= 0.6 is 11.9 Å². The smallest absolute Gasteiger partial charge is 0.146 e. The molecule has 0 unspecified atom stereocenters. The summed E-state index contributed by atoms with van der Waals surface area (Å²) in [5.41, 5.74) is 0.790. The van der Waals surface area contributed by atoms with E-state index < -0.39 is 0 Å². The SMILES string of the molecule is OCc1cccc(OCl)c1. The van der Waals surface area contributed by atoms with Crippen LogP contribution in [0.2, 0.25) is 0 Å². The Morgan fingerprint density at radius 1 is 1.50 bits per heavy atom. The second-order valence-corrected chi connectivity index (χ2v) is 2.04. The minimum absolute atomic E-state index is 0.00802. The Bertz CT molecular complexity index is 193. The molecule has 1 aromatic rings. The number of benzene rings is 1. The number of aliphatic hydroxyl groups excluding tert-OH is 1. The van der Waals surface area contributed by atoms with Crippen LogP contribution in [0, 0.1) is 0 Å². The van der Waals surface area contributed by atoms with Crippen molar-refractivity contribution in [3.8, 4) is 5.75 Å². The number of hydrogen-bond donors (Lipinski definition) is 1. The quantitative estimate of drug-likeness (QED) is 0.710. The monoisotopic (exact) mass is 158 g/mol. The van der Waals surface area contributed by atoms with Crippen molar-refractivity contribution >= 4 is 11.9 Å². The Hall–Kier alpha value is -0.730. The van der Waals surface area contributed by atoms with Gasteiger partial charge in [0.15, 0.2) is 0 Å². The van der Waals surface area contributed by atoms with Crippen LogP contribution in [0.3, 0.4) is 0 Å². The average molecular weight is 159 g/mol. The van der Waals surface area contributed by atoms with E-state index in [1.54, 1.807) is 24.3 Å². The molecule has 0 aliphatic rings. The zero-order valence-electron chi connectivity index (χ0n) is 5.25. The van der Waals surface area contributed by atoms with E-state index in [2.05, 4.69) is 4.29 Å². The van der Waals surface area contributed by atoms with Crippen molar-refractivity contribution in [3.63, 3.8) is 0 Å². The predicted octanol–water partition coefficient (Wildman–Crippen LogP) is 1.71. The highest BCUT2D eigenvalue weighted by Crippen LogP contribution is 2.13. The van der Waals surface area contributed by atoms with Crippen molar-refractivity contribution in [2.45, 2.75) is 6.61 Å². The molecule has 0 heterocycles. The van der Waals surface area contributed by atoms with Crippen LogP contribution in [-0.2, 0) is 6.61 Å². The van der Waals surface area contributed by atoms with Gasteiger partial charge in [0.25, 0.3) is 0 Å². The fourth-order valence-electron chi connectivity index (χ4n) is 0.692. The second kappa shape index (κ2) is 3.44. The molecule has 0 aliphatic carbocycles. The van der Waals surface area contributed by atoms with Crippen LogP contribution in [0.5, 0.6) is 5.75 Å². The van der Waals surface area contributed by atoms with Gasteiger partial charge in [0.2, 0.25) is 0 Å². The van der Waals surface area contributed by atoms with Crippen LogP contribution < -0.4 is 4.29 Å². The number of rotatable bonds is 2. The normalized spacial score (nSPS) is 9.40. The van der Waals surface area contributed by atoms with Crippen LogP contribution in [-0.4, -0.2) is 5.11 Å².